The van der Waals surface area contributed by atoms with E-state index in [-0.39, 0.29) is 5.92 Å². The standard InChI is InChI=1S/C25H34ClN3O/c1-29(17-7-3-6-12-20-10-4-2-5-11-20)25(30)23-19-27-18-21(23)13-8-14-22-15-9-16-24(26)28-22/h2,4-5,9-11,15-16,21,23,27H,3,6-8,12-14,17-19H2,1H3/t21-,23+/m0/s1. The lowest BCUT2D eigenvalue weighted by atomic mass is 9.89. The van der Waals surface area contributed by atoms with Crippen LogP contribution in [0.5, 0.6) is 0 Å². The van der Waals surface area contributed by atoms with E-state index in [0.29, 0.717) is 17.0 Å². The number of hydrogen-bond acceptors (Lipinski definition) is 3. The first kappa shape index (κ1) is 22.8. The minimum atomic E-state index is 0.103. The first-order valence-electron chi connectivity index (χ1n) is 11.2. The van der Waals surface area contributed by atoms with Crippen molar-refractivity contribution in [2.75, 3.05) is 26.7 Å². The van der Waals surface area contributed by atoms with Gasteiger partial charge < -0.3 is 10.2 Å². The Morgan fingerprint density at radius 2 is 1.87 bits per heavy atom. The molecule has 0 radical (unpaired) electrons. The van der Waals surface area contributed by atoms with Crippen LogP contribution >= 0.6 is 11.6 Å². The second kappa shape index (κ2) is 12.1. The molecule has 162 valence electrons. The van der Waals surface area contributed by atoms with Gasteiger partial charge in [-0.1, -0.05) is 54.4 Å². The van der Waals surface area contributed by atoms with Crippen LogP contribution in [0.3, 0.4) is 0 Å². The van der Waals surface area contributed by atoms with Gasteiger partial charge >= 0.3 is 0 Å². The number of unbranched alkanes of at least 4 members (excludes halogenated alkanes) is 2. The molecule has 3 rings (SSSR count). The molecule has 1 N–H and O–H groups in total. The normalized spacial score (nSPS) is 18.5. The minimum Gasteiger partial charge on any atom is -0.345 e. The number of benzene rings is 1. The molecule has 1 aliphatic rings. The fraction of sp³-hybridized carbons (Fsp3) is 0.520. The van der Waals surface area contributed by atoms with Crippen LogP contribution in [-0.4, -0.2) is 42.5 Å². The minimum absolute atomic E-state index is 0.103. The highest BCUT2D eigenvalue weighted by atomic mass is 35.5. The molecule has 1 amide bonds. The van der Waals surface area contributed by atoms with E-state index in [0.717, 1.165) is 63.9 Å². The molecule has 4 nitrogen and oxygen atoms in total. The summed E-state index contributed by atoms with van der Waals surface area (Å²) < 4.78 is 0. The van der Waals surface area contributed by atoms with E-state index in [2.05, 4.69) is 40.6 Å². The molecule has 2 aromatic rings. The zero-order chi connectivity index (χ0) is 21.2. The zero-order valence-electron chi connectivity index (χ0n) is 18.0. The summed E-state index contributed by atoms with van der Waals surface area (Å²) in [4.78, 5) is 19.3. The van der Waals surface area contributed by atoms with Crippen LogP contribution < -0.4 is 5.32 Å². The number of carbonyl (C=O) groups is 1. The Morgan fingerprint density at radius 3 is 2.67 bits per heavy atom. The molecule has 0 unspecified atom stereocenters. The SMILES string of the molecule is CN(CCCCCc1ccccc1)C(=O)[C@@H]1CNC[C@@H]1CCCc1cccc(Cl)n1. The third kappa shape index (κ3) is 7.10. The average molecular weight is 428 g/mol. The number of nitrogens with one attached hydrogen (secondary N) is 1. The van der Waals surface area contributed by atoms with Gasteiger partial charge in [0.2, 0.25) is 5.91 Å². The van der Waals surface area contributed by atoms with Gasteiger partial charge in [0.05, 0.1) is 5.92 Å². The third-order valence-corrected chi connectivity index (χ3v) is 6.33. The smallest absolute Gasteiger partial charge is 0.227 e. The highest BCUT2D eigenvalue weighted by Gasteiger charge is 2.33. The van der Waals surface area contributed by atoms with Crippen molar-refractivity contribution in [2.45, 2.75) is 44.9 Å². The molecular formula is C25H34ClN3O. The lowest BCUT2D eigenvalue weighted by molar-refractivity contribution is -0.134. The van der Waals surface area contributed by atoms with E-state index in [1.54, 1.807) is 6.07 Å². The molecule has 30 heavy (non-hydrogen) atoms. The highest BCUT2D eigenvalue weighted by Crippen LogP contribution is 2.25. The molecule has 1 aromatic carbocycles. The van der Waals surface area contributed by atoms with E-state index in [1.165, 1.54) is 12.0 Å². The Morgan fingerprint density at radius 1 is 1.03 bits per heavy atom. The first-order valence-corrected chi connectivity index (χ1v) is 11.6. The van der Waals surface area contributed by atoms with Gasteiger partial charge in [0.1, 0.15) is 5.15 Å². The van der Waals surface area contributed by atoms with Crippen LogP contribution in [0.1, 0.15) is 43.4 Å². The highest BCUT2D eigenvalue weighted by molar-refractivity contribution is 6.29. The quantitative estimate of drug-likeness (QED) is 0.415. The lowest BCUT2D eigenvalue weighted by Crippen LogP contribution is -2.37. The van der Waals surface area contributed by atoms with Gasteiger partial charge in [-0.25, -0.2) is 4.98 Å². The summed E-state index contributed by atoms with van der Waals surface area (Å²) in [5.74, 6) is 0.817. The molecule has 0 spiro atoms. The summed E-state index contributed by atoms with van der Waals surface area (Å²) >= 11 is 5.97. The molecule has 2 atom stereocenters. The van der Waals surface area contributed by atoms with Crippen molar-refractivity contribution in [3.63, 3.8) is 0 Å². The van der Waals surface area contributed by atoms with Crippen molar-refractivity contribution in [2.24, 2.45) is 11.8 Å². The van der Waals surface area contributed by atoms with Crippen molar-refractivity contribution in [3.8, 4) is 0 Å². The summed E-state index contributed by atoms with van der Waals surface area (Å²) in [6.07, 6.45) is 7.52. The van der Waals surface area contributed by atoms with Gasteiger partial charge in [0.25, 0.3) is 0 Å². The molecule has 1 fully saturated rings. The number of aromatic nitrogens is 1. The molecule has 0 aliphatic carbocycles. The van der Waals surface area contributed by atoms with Gasteiger partial charge in [-0.15, -0.1) is 0 Å². The summed E-state index contributed by atoms with van der Waals surface area (Å²) in [5, 5.41) is 3.98. The lowest BCUT2D eigenvalue weighted by Gasteiger charge is -2.24. The zero-order valence-corrected chi connectivity index (χ0v) is 18.8. The van der Waals surface area contributed by atoms with Gasteiger partial charge in [0.15, 0.2) is 0 Å². The molecule has 2 heterocycles. The number of rotatable bonds is 11. The monoisotopic (exact) mass is 427 g/mol. The number of hydrogen-bond donors (Lipinski definition) is 1. The average Bonchev–Trinajstić information content (AvgIpc) is 3.22. The van der Waals surface area contributed by atoms with Crippen molar-refractivity contribution in [3.05, 3.63) is 64.9 Å². The van der Waals surface area contributed by atoms with Crippen LogP contribution in [-0.2, 0) is 17.6 Å². The largest absolute Gasteiger partial charge is 0.345 e. The van der Waals surface area contributed by atoms with E-state index in [1.807, 2.05) is 24.1 Å². The summed E-state index contributed by atoms with van der Waals surface area (Å²) in [6.45, 7) is 2.59. The van der Waals surface area contributed by atoms with Crippen molar-refractivity contribution < 1.29 is 4.79 Å². The number of amides is 1. The van der Waals surface area contributed by atoms with Gasteiger partial charge in [-0.3, -0.25) is 4.79 Å². The van der Waals surface area contributed by atoms with Gasteiger partial charge in [-0.2, -0.15) is 0 Å². The Kier molecular flexibility index (Phi) is 9.16. The molecule has 0 saturated carbocycles. The van der Waals surface area contributed by atoms with Crippen molar-refractivity contribution >= 4 is 17.5 Å². The van der Waals surface area contributed by atoms with E-state index < -0.39 is 0 Å². The Balaban J connectivity index is 1.35. The molecule has 1 aliphatic heterocycles. The molecule has 0 bridgehead atoms. The molecule has 5 heteroatoms. The topological polar surface area (TPSA) is 45.2 Å². The van der Waals surface area contributed by atoms with E-state index >= 15 is 0 Å². The number of aryl methyl sites for hydroxylation is 2. The molecular weight excluding hydrogens is 394 g/mol. The second-order valence-corrected chi connectivity index (χ2v) is 8.81. The molecule has 1 aromatic heterocycles. The van der Waals surface area contributed by atoms with Crippen LogP contribution in [0.15, 0.2) is 48.5 Å². The predicted molar refractivity (Wildman–Crippen MR) is 124 cm³/mol. The van der Waals surface area contributed by atoms with Crippen molar-refractivity contribution in [1.29, 1.82) is 0 Å². The Hall–Kier alpha value is -1.91. The first-order chi connectivity index (χ1) is 14.6. The maximum Gasteiger partial charge on any atom is 0.227 e. The third-order valence-electron chi connectivity index (χ3n) is 6.12. The molecule has 1 saturated heterocycles. The van der Waals surface area contributed by atoms with Crippen molar-refractivity contribution in [1.82, 2.24) is 15.2 Å². The number of carbonyl (C=O) groups excluding carboxylic acids is 1. The van der Waals surface area contributed by atoms with E-state index in [4.69, 9.17) is 11.6 Å². The van der Waals surface area contributed by atoms with Crippen LogP contribution in [0.4, 0.5) is 0 Å². The van der Waals surface area contributed by atoms with Crippen LogP contribution in [0.2, 0.25) is 5.15 Å². The number of halogens is 1. The van der Waals surface area contributed by atoms with E-state index in [9.17, 15) is 4.79 Å². The fourth-order valence-corrected chi connectivity index (χ4v) is 4.53. The van der Waals surface area contributed by atoms with Crippen LogP contribution in [0.25, 0.3) is 0 Å². The summed E-state index contributed by atoms with van der Waals surface area (Å²) in [7, 11) is 1.96. The number of pyridine rings is 1. The predicted octanol–water partition coefficient (Wildman–Crippen LogP) is 4.76. The second-order valence-electron chi connectivity index (χ2n) is 8.42. The summed E-state index contributed by atoms with van der Waals surface area (Å²) in [5.41, 5.74) is 2.43. The summed E-state index contributed by atoms with van der Waals surface area (Å²) in [6, 6.07) is 16.4. The maximum absolute atomic E-state index is 13.0. The van der Waals surface area contributed by atoms with Crippen LogP contribution in [0, 0.1) is 11.8 Å². The maximum atomic E-state index is 13.0. The Labute approximate surface area is 186 Å². The number of nitrogens with zero attached hydrogens (tertiary/aromatic N) is 2. The Bertz CT molecular complexity index is 783. The fourth-order valence-electron chi connectivity index (χ4n) is 4.35. The van der Waals surface area contributed by atoms with Gasteiger partial charge in [0, 0.05) is 25.8 Å². The van der Waals surface area contributed by atoms with Gasteiger partial charge in [-0.05, 0) is 68.7 Å².